The normalized spacial score (nSPS) is 17.7. The van der Waals surface area contributed by atoms with Gasteiger partial charge >= 0.3 is 5.91 Å². The summed E-state index contributed by atoms with van der Waals surface area (Å²) in [5.74, 6) is 3.09. The number of oxazole rings is 1. The van der Waals surface area contributed by atoms with Crippen molar-refractivity contribution in [2.45, 2.75) is 39.4 Å². The lowest BCUT2D eigenvalue weighted by atomic mass is 10.4. The Kier molecular flexibility index (Phi) is 3.26. The summed E-state index contributed by atoms with van der Waals surface area (Å²) in [5.41, 5.74) is 0.902. The Balaban J connectivity index is 1.34. The third kappa shape index (κ3) is 2.78. The van der Waals surface area contributed by atoms with Gasteiger partial charge in [-0.15, -0.1) is 0 Å². The maximum atomic E-state index is 12.1. The smallest absolute Gasteiger partial charge is 0.307 e. The molecule has 1 saturated carbocycles. The fraction of sp³-hybridized carbons (Fsp3) is 0.500. The summed E-state index contributed by atoms with van der Waals surface area (Å²) in [6.45, 7) is 4.89. The summed E-state index contributed by atoms with van der Waals surface area (Å²) in [6, 6.07) is 3.72. The standard InChI is InChI=1S/C16H19N3O3/c1-10-2-5-12(21-10)6-17-15(20)16-18-13-8-19(7-11-3-4-11)9-14(13)22-16/h2,5,11H,3-4,6-9H2,1H3,(H,17,20). The number of aryl methyl sites for hydroxylation is 1. The van der Waals surface area contributed by atoms with Crippen molar-refractivity contribution < 1.29 is 13.6 Å². The van der Waals surface area contributed by atoms with E-state index in [4.69, 9.17) is 8.83 Å². The van der Waals surface area contributed by atoms with Crippen LogP contribution in [0, 0.1) is 12.8 Å². The zero-order valence-corrected chi connectivity index (χ0v) is 12.6. The van der Waals surface area contributed by atoms with E-state index in [1.54, 1.807) is 0 Å². The predicted octanol–water partition coefficient (Wildman–Crippen LogP) is 2.23. The molecule has 0 saturated heterocycles. The molecular formula is C16H19N3O3. The Morgan fingerprint density at radius 2 is 2.23 bits per heavy atom. The minimum Gasteiger partial charge on any atom is -0.465 e. The summed E-state index contributed by atoms with van der Waals surface area (Å²) in [7, 11) is 0. The van der Waals surface area contributed by atoms with Crippen molar-refractivity contribution in [3.8, 4) is 0 Å². The quantitative estimate of drug-likeness (QED) is 0.917. The highest BCUT2D eigenvalue weighted by atomic mass is 16.4. The lowest BCUT2D eigenvalue weighted by Crippen LogP contribution is -2.24. The van der Waals surface area contributed by atoms with Crippen molar-refractivity contribution in [3.63, 3.8) is 0 Å². The fourth-order valence-corrected chi connectivity index (χ4v) is 2.82. The maximum Gasteiger partial charge on any atom is 0.307 e. The minimum absolute atomic E-state index is 0.152. The number of nitrogens with one attached hydrogen (secondary N) is 1. The summed E-state index contributed by atoms with van der Waals surface area (Å²) >= 11 is 0. The van der Waals surface area contributed by atoms with E-state index in [-0.39, 0.29) is 11.8 Å². The Morgan fingerprint density at radius 3 is 2.91 bits per heavy atom. The number of rotatable bonds is 5. The molecule has 1 N–H and O–H groups in total. The van der Waals surface area contributed by atoms with Crippen LogP contribution in [-0.2, 0) is 19.6 Å². The number of carbonyl (C=O) groups excluding carboxylic acids is 1. The Hall–Kier alpha value is -2.08. The highest BCUT2D eigenvalue weighted by Gasteiger charge is 2.31. The molecule has 1 aliphatic carbocycles. The van der Waals surface area contributed by atoms with Gasteiger partial charge in [-0.2, -0.15) is 0 Å². The molecule has 22 heavy (non-hydrogen) atoms. The molecule has 0 unspecified atom stereocenters. The molecule has 0 atom stereocenters. The van der Waals surface area contributed by atoms with Gasteiger partial charge in [0.15, 0.2) is 0 Å². The van der Waals surface area contributed by atoms with Crippen molar-refractivity contribution >= 4 is 5.91 Å². The number of nitrogens with zero attached hydrogens (tertiary/aromatic N) is 2. The second kappa shape index (κ2) is 5.28. The average Bonchev–Trinajstić information content (AvgIpc) is 2.88. The molecule has 6 nitrogen and oxygen atoms in total. The lowest BCUT2D eigenvalue weighted by molar-refractivity contribution is 0.0908. The van der Waals surface area contributed by atoms with Gasteiger partial charge in [-0.05, 0) is 37.8 Å². The van der Waals surface area contributed by atoms with Gasteiger partial charge in [0.25, 0.3) is 5.89 Å². The van der Waals surface area contributed by atoms with Crippen molar-refractivity contribution in [1.82, 2.24) is 15.2 Å². The van der Waals surface area contributed by atoms with Crippen LogP contribution in [0.1, 0.15) is 46.5 Å². The summed E-state index contributed by atoms with van der Waals surface area (Å²) in [6.07, 6.45) is 2.68. The van der Waals surface area contributed by atoms with E-state index < -0.39 is 0 Å². The molecule has 6 heteroatoms. The molecule has 4 rings (SSSR count). The van der Waals surface area contributed by atoms with E-state index in [9.17, 15) is 4.79 Å². The predicted molar refractivity (Wildman–Crippen MR) is 78.0 cm³/mol. The van der Waals surface area contributed by atoms with Crippen LogP contribution in [0.25, 0.3) is 0 Å². The molecule has 0 bridgehead atoms. The Morgan fingerprint density at radius 1 is 1.36 bits per heavy atom. The van der Waals surface area contributed by atoms with Crippen molar-refractivity contribution in [3.05, 3.63) is 41.0 Å². The molecule has 116 valence electrons. The number of amides is 1. The molecule has 0 radical (unpaired) electrons. The highest BCUT2D eigenvalue weighted by Crippen LogP contribution is 2.33. The number of aromatic nitrogens is 1. The zero-order chi connectivity index (χ0) is 15.1. The van der Waals surface area contributed by atoms with Gasteiger partial charge in [-0.25, -0.2) is 4.98 Å². The monoisotopic (exact) mass is 301 g/mol. The van der Waals surface area contributed by atoms with E-state index in [0.29, 0.717) is 6.54 Å². The van der Waals surface area contributed by atoms with E-state index in [1.807, 2.05) is 19.1 Å². The van der Waals surface area contributed by atoms with Crippen LogP contribution >= 0.6 is 0 Å². The number of carbonyl (C=O) groups is 1. The molecule has 1 fully saturated rings. The summed E-state index contributed by atoms with van der Waals surface area (Å²) in [5, 5.41) is 2.77. The van der Waals surface area contributed by atoms with E-state index >= 15 is 0 Å². The van der Waals surface area contributed by atoms with E-state index in [2.05, 4.69) is 15.2 Å². The highest BCUT2D eigenvalue weighted by molar-refractivity contribution is 5.89. The molecule has 2 aromatic heterocycles. The first-order valence-electron chi connectivity index (χ1n) is 7.72. The molecule has 2 aliphatic rings. The molecule has 2 aromatic rings. The van der Waals surface area contributed by atoms with Crippen LogP contribution in [0.5, 0.6) is 0 Å². The molecule has 0 aromatic carbocycles. The van der Waals surface area contributed by atoms with Crippen molar-refractivity contribution in [2.75, 3.05) is 6.54 Å². The molecule has 1 amide bonds. The van der Waals surface area contributed by atoms with Crippen molar-refractivity contribution in [2.24, 2.45) is 5.92 Å². The van der Waals surface area contributed by atoms with E-state index in [1.165, 1.54) is 12.8 Å². The number of fused-ring (bicyclic) bond motifs is 1. The molecular weight excluding hydrogens is 282 g/mol. The van der Waals surface area contributed by atoms with Crippen LogP contribution < -0.4 is 5.32 Å². The van der Waals surface area contributed by atoms with Gasteiger partial charge in [-0.1, -0.05) is 0 Å². The lowest BCUT2D eigenvalue weighted by Gasteiger charge is -2.12. The third-order valence-electron chi connectivity index (χ3n) is 4.15. The summed E-state index contributed by atoms with van der Waals surface area (Å²) in [4.78, 5) is 18.8. The van der Waals surface area contributed by atoms with Gasteiger partial charge in [0.05, 0.1) is 18.8 Å². The SMILES string of the molecule is Cc1ccc(CNC(=O)c2nc3c(o2)CN(CC2CC2)C3)o1. The van der Waals surface area contributed by atoms with Crippen LogP contribution in [0.15, 0.2) is 21.0 Å². The first-order valence-corrected chi connectivity index (χ1v) is 7.72. The van der Waals surface area contributed by atoms with Gasteiger partial charge in [0.1, 0.15) is 17.3 Å². The number of hydrogen-bond donors (Lipinski definition) is 1. The van der Waals surface area contributed by atoms with Crippen LogP contribution in [0.4, 0.5) is 0 Å². The van der Waals surface area contributed by atoms with Gasteiger partial charge < -0.3 is 14.2 Å². The van der Waals surface area contributed by atoms with Gasteiger partial charge in [0, 0.05) is 13.1 Å². The first-order chi connectivity index (χ1) is 10.7. The molecule has 0 spiro atoms. The van der Waals surface area contributed by atoms with Crippen LogP contribution in [0.3, 0.4) is 0 Å². The number of furan rings is 1. The Labute approximate surface area is 128 Å². The number of hydrogen-bond acceptors (Lipinski definition) is 5. The summed E-state index contributed by atoms with van der Waals surface area (Å²) < 4.78 is 11.0. The van der Waals surface area contributed by atoms with Crippen LogP contribution in [-0.4, -0.2) is 22.3 Å². The minimum atomic E-state index is -0.294. The fourth-order valence-electron chi connectivity index (χ4n) is 2.82. The van der Waals surface area contributed by atoms with E-state index in [0.717, 1.165) is 48.5 Å². The second-order valence-electron chi connectivity index (χ2n) is 6.20. The topological polar surface area (TPSA) is 71.5 Å². The zero-order valence-electron chi connectivity index (χ0n) is 12.6. The maximum absolute atomic E-state index is 12.1. The molecule has 1 aliphatic heterocycles. The third-order valence-corrected chi connectivity index (χ3v) is 4.15. The largest absolute Gasteiger partial charge is 0.465 e. The van der Waals surface area contributed by atoms with Gasteiger partial charge in [0.2, 0.25) is 0 Å². The average molecular weight is 301 g/mol. The van der Waals surface area contributed by atoms with Gasteiger partial charge in [-0.3, -0.25) is 9.69 Å². The first kappa shape index (κ1) is 13.6. The molecule has 3 heterocycles. The van der Waals surface area contributed by atoms with Crippen molar-refractivity contribution in [1.29, 1.82) is 0 Å². The van der Waals surface area contributed by atoms with Crippen LogP contribution in [0.2, 0.25) is 0 Å². The second-order valence-corrected chi connectivity index (χ2v) is 6.20. The Bertz CT molecular complexity index is 676.